The molecule has 3 aromatic rings. The predicted molar refractivity (Wildman–Crippen MR) is 125 cm³/mol. The van der Waals surface area contributed by atoms with Crippen LogP contribution in [-0.4, -0.2) is 12.1 Å². The predicted octanol–water partition coefficient (Wildman–Crippen LogP) is 7.78. The molecule has 3 nitrogen and oxygen atoms in total. The Kier molecular flexibility index (Phi) is 6.91. The van der Waals surface area contributed by atoms with Crippen molar-refractivity contribution < 1.29 is 9.13 Å². The maximum absolute atomic E-state index is 13.6. The first kappa shape index (κ1) is 21.6. The first-order valence-electron chi connectivity index (χ1n) is 9.66. The summed E-state index contributed by atoms with van der Waals surface area (Å²) in [6.45, 7) is 7.51. The van der Waals surface area contributed by atoms with Crippen molar-refractivity contribution in [1.29, 1.82) is 0 Å². The lowest BCUT2D eigenvalue weighted by atomic mass is 10.0. The number of nitrogens with one attached hydrogen (secondary N) is 1. The van der Waals surface area contributed by atoms with Gasteiger partial charge in [0.2, 0.25) is 0 Å². The Bertz CT molecular complexity index is 1150. The van der Waals surface area contributed by atoms with Gasteiger partial charge in [0.05, 0.1) is 17.8 Å². The Morgan fingerprint density at radius 3 is 2.67 bits per heavy atom. The molecule has 1 N–H and O–H groups in total. The first-order valence-corrected chi connectivity index (χ1v) is 10.0. The topological polar surface area (TPSA) is 34.1 Å². The highest BCUT2D eigenvalue weighted by Crippen LogP contribution is 2.32. The van der Waals surface area contributed by atoms with Crippen molar-refractivity contribution in [3.8, 4) is 5.75 Å². The Balaban J connectivity index is 2.13. The number of anilines is 2. The monoisotopic (exact) mass is 422 g/mol. The second kappa shape index (κ2) is 9.59. The van der Waals surface area contributed by atoms with Gasteiger partial charge in [0, 0.05) is 11.1 Å². The zero-order valence-electron chi connectivity index (χ0n) is 17.3. The highest BCUT2D eigenvalue weighted by molar-refractivity contribution is 6.32. The molecule has 3 rings (SSSR count). The van der Waals surface area contributed by atoms with Crippen molar-refractivity contribution in [1.82, 2.24) is 4.98 Å². The molecule has 154 valence electrons. The number of fused-ring (bicyclic) bond motifs is 1. The lowest BCUT2D eigenvalue weighted by molar-refractivity contribution is 0.415. The minimum absolute atomic E-state index is 0.386. The molecule has 2 aromatic carbocycles. The molecule has 0 aliphatic carbocycles. The SMILES string of the molecule is C=C/C(F)=C\C=C(/CC)c1cc2ccc(C)cc2c(Nc2ccc(OC)c(Cl)c2)n1. The largest absolute Gasteiger partial charge is 0.495 e. The van der Waals surface area contributed by atoms with Gasteiger partial charge in [-0.2, -0.15) is 0 Å². The lowest BCUT2D eigenvalue weighted by Crippen LogP contribution is -1.99. The Morgan fingerprint density at radius 2 is 2.00 bits per heavy atom. The van der Waals surface area contributed by atoms with Crippen molar-refractivity contribution >= 4 is 39.5 Å². The van der Waals surface area contributed by atoms with Crippen LogP contribution in [0.1, 0.15) is 24.6 Å². The minimum Gasteiger partial charge on any atom is -0.495 e. The minimum atomic E-state index is -0.386. The molecule has 0 atom stereocenters. The van der Waals surface area contributed by atoms with Gasteiger partial charge >= 0.3 is 0 Å². The van der Waals surface area contributed by atoms with Crippen LogP contribution >= 0.6 is 11.6 Å². The van der Waals surface area contributed by atoms with Gasteiger partial charge in [0.25, 0.3) is 0 Å². The van der Waals surface area contributed by atoms with Gasteiger partial charge in [-0.3, -0.25) is 0 Å². The fraction of sp³-hybridized carbons (Fsp3) is 0.160. The summed E-state index contributed by atoms with van der Waals surface area (Å²) < 4.78 is 18.8. The number of methoxy groups -OCH3 is 1. The Labute approximate surface area is 181 Å². The number of rotatable bonds is 7. The number of nitrogens with zero attached hydrogens (tertiary/aromatic N) is 1. The van der Waals surface area contributed by atoms with Gasteiger partial charge in [0.15, 0.2) is 0 Å². The van der Waals surface area contributed by atoms with E-state index in [1.807, 2.05) is 32.0 Å². The molecule has 0 bridgehead atoms. The highest BCUT2D eigenvalue weighted by Gasteiger charge is 2.11. The average molecular weight is 423 g/mol. The fourth-order valence-electron chi connectivity index (χ4n) is 3.13. The third-order valence-electron chi connectivity index (χ3n) is 4.75. The maximum atomic E-state index is 13.6. The van der Waals surface area contributed by atoms with Crippen molar-refractivity contribution in [3.63, 3.8) is 0 Å². The van der Waals surface area contributed by atoms with E-state index in [9.17, 15) is 4.39 Å². The Hall–Kier alpha value is -3.11. The Morgan fingerprint density at radius 1 is 1.20 bits per heavy atom. The second-order valence-corrected chi connectivity index (χ2v) is 7.26. The van der Waals surface area contributed by atoms with E-state index in [1.54, 1.807) is 19.3 Å². The van der Waals surface area contributed by atoms with Gasteiger partial charge < -0.3 is 10.1 Å². The molecular weight excluding hydrogens is 399 g/mol. The van der Waals surface area contributed by atoms with E-state index < -0.39 is 0 Å². The van der Waals surface area contributed by atoms with E-state index in [0.717, 1.165) is 33.3 Å². The molecule has 1 heterocycles. The quantitative estimate of drug-likeness (QED) is 0.394. The van der Waals surface area contributed by atoms with E-state index in [0.29, 0.717) is 23.0 Å². The number of aromatic nitrogens is 1. The number of pyridine rings is 1. The van der Waals surface area contributed by atoms with Crippen LogP contribution in [0.5, 0.6) is 5.75 Å². The highest BCUT2D eigenvalue weighted by atomic mass is 35.5. The molecule has 0 saturated heterocycles. The van der Waals surface area contributed by atoms with E-state index >= 15 is 0 Å². The zero-order chi connectivity index (χ0) is 21.7. The molecule has 0 fully saturated rings. The number of hydrogen-bond donors (Lipinski definition) is 1. The van der Waals surface area contributed by atoms with Gasteiger partial charge in [-0.05, 0) is 66.8 Å². The van der Waals surface area contributed by atoms with Gasteiger partial charge in [-0.1, -0.05) is 48.9 Å². The molecule has 0 unspecified atom stereocenters. The van der Waals surface area contributed by atoms with Crippen LogP contribution in [0.15, 0.2) is 73.1 Å². The van der Waals surface area contributed by atoms with Crippen LogP contribution in [-0.2, 0) is 0 Å². The van der Waals surface area contributed by atoms with Crippen molar-refractivity contribution in [2.75, 3.05) is 12.4 Å². The van der Waals surface area contributed by atoms with Crippen LogP contribution < -0.4 is 10.1 Å². The van der Waals surface area contributed by atoms with Crippen LogP contribution in [0.4, 0.5) is 15.9 Å². The smallest absolute Gasteiger partial charge is 0.138 e. The van der Waals surface area contributed by atoms with Crippen molar-refractivity contribution in [2.45, 2.75) is 20.3 Å². The third-order valence-corrected chi connectivity index (χ3v) is 5.05. The van der Waals surface area contributed by atoms with Gasteiger partial charge in [0.1, 0.15) is 17.4 Å². The first-order chi connectivity index (χ1) is 14.4. The molecule has 1 aromatic heterocycles. The fourth-order valence-corrected chi connectivity index (χ4v) is 3.39. The summed E-state index contributed by atoms with van der Waals surface area (Å²) >= 11 is 6.28. The normalized spacial score (nSPS) is 12.2. The van der Waals surface area contributed by atoms with Crippen molar-refractivity contribution in [3.05, 3.63) is 89.4 Å². The number of allylic oxidation sites excluding steroid dienone is 5. The molecule has 0 amide bonds. The van der Waals surface area contributed by atoms with Crippen LogP contribution in [0, 0.1) is 6.92 Å². The number of halogens is 2. The molecule has 0 radical (unpaired) electrons. The molecule has 5 heteroatoms. The number of aryl methyl sites for hydroxylation is 1. The standard InChI is InChI=1S/C25H24ClFN2O/c1-5-17(9-10-19(27)6-2)23-14-18-8-7-16(3)13-21(18)25(29-23)28-20-11-12-24(30-4)22(26)15-20/h6-15H,2,5H2,1,3-4H3,(H,28,29)/b17-9+,19-10+. The summed E-state index contributed by atoms with van der Waals surface area (Å²) in [6.07, 6.45) is 5.04. The van der Waals surface area contributed by atoms with E-state index in [2.05, 4.69) is 30.1 Å². The van der Waals surface area contributed by atoms with Gasteiger partial charge in [-0.15, -0.1) is 0 Å². The number of hydrogen-bond acceptors (Lipinski definition) is 3. The number of benzene rings is 2. The summed E-state index contributed by atoms with van der Waals surface area (Å²) in [5, 5.41) is 5.93. The second-order valence-electron chi connectivity index (χ2n) is 6.86. The molecule has 0 spiro atoms. The van der Waals surface area contributed by atoms with E-state index in [-0.39, 0.29) is 5.83 Å². The van der Waals surface area contributed by atoms with Crippen LogP contribution in [0.25, 0.3) is 16.3 Å². The van der Waals surface area contributed by atoms with Crippen LogP contribution in [0.2, 0.25) is 5.02 Å². The molecule has 0 aliphatic heterocycles. The lowest BCUT2D eigenvalue weighted by Gasteiger charge is -2.14. The van der Waals surface area contributed by atoms with Crippen LogP contribution in [0.3, 0.4) is 0 Å². The summed E-state index contributed by atoms with van der Waals surface area (Å²) in [6, 6.07) is 13.7. The zero-order valence-corrected chi connectivity index (χ0v) is 18.1. The summed E-state index contributed by atoms with van der Waals surface area (Å²) in [4.78, 5) is 4.85. The summed E-state index contributed by atoms with van der Waals surface area (Å²) in [5.74, 6) is 0.931. The number of ether oxygens (including phenoxy) is 1. The molecule has 30 heavy (non-hydrogen) atoms. The van der Waals surface area contributed by atoms with E-state index in [4.69, 9.17) is 21.3 Å². The van der Waals surface area contributed by atoms with Gasteiger partial charge in [-0.25, -0.2) is 9.37 Å². The average Bonchev–Trinajstić information content (AvgIpc) is 2.74. The van der Waals surface area contributed by atoms with E-state index in [1.165, 1.54) is 12.2 Å². The third kappa shape index (κ3) is 4.89. The molecular formula is C25H24ClFN2O. The molecule has 0 saturated carbocycles. The summed E-state index contributed by atoms with van der Waals surface area (Å²) in [5.41, 5.74) is 3.64. The van der Waals surface area contributed by atoms with Crippen molar-refractivity contribution in [2.24, 2.45) is 0 Å². The maximum Gasteiger partial charge on any atom is 0.138 e. The summed E-state index contributed by atoms with van der Waals surface area (Å²) in [7, 11) is 1.58. The molecule has 0 aliphatic rings.